The zero-order valence-corrected chi connectivity index (χ0v) is 7.97. The Bertz CT molecular complexity index is 316. The van der Waals surface area contributed by atoms with Crippen molar-refractivity contribution < 1.29 is 4.74 Å². The molecule has 0 aromatic carbocycles. The van der Waals surface area contributed by atoms with Crippen LogP contribution in [0.15, 0.2) is 4.79 Å². The number of H-pyrrole nitrogens is 1. The smallest absolute Gasteiger partial charge is 0.322 e. The Labute approximate surface area is 79.3 Å². The fraction of sp³-hybridized carbons (Fsp3) is 0.714. The van der Waals surface area contributed by atoms with Crippen LogP contribution in [0.3, 0.4) is 0 Å². The highest BCUT2D eigenvalue weighted by Gasteiger charge is 2.12. The largest absolute Gasteiger partial charge is 0.379 e. The molecule has 0 amide bonds. The first-order valence-electron chi connectivity index (χ1n) is 4.19. The van der Waals surface area contributed by atoms with Crippen molar-refractivity contribution in [1.82, 2.24) is 15.1 Å². The van der Waals surface area contributed by atoms with E-state index >= 15 is 0 Å². The van der Waals surface area contributed by atoms with Gasteiger partial charge in [0.05, 0.1) is 19.8 Å². The van der Waals surface area contributed by atoms with Crippen LogP contribution >= 0.6 is 11.3 Å². The van der Waals surface area contributed by atoms with E-state index in [1.807, 2.05) is 0 Å². The summed E-state index contributed by atoms with van der Waals surface area (Å²) in [4.78, 5) is 12.9. The van der Waals surface area contributed by atoms with E-state index in [2.05, 4.69) is 15.1 Å². The minimum Gasteiger partial charge on any atom is -0.379 e. The van der Waals surface area contributed by atoms with Crippen LogP contribution in [0.1, 0.15) is 5.01 Å². The second-order valence-corrected chi connectivity index (χ2v) is 3.94. The van der Waals surface area contributed by atoms with Crippen LogP contribution in [0, 0.1) is 0 Å². The zero-order chi connectivity index (χ0) is 9.10. The summed E-state index contributed by atoms with van der Waals surface area (Å²) in [5, 5.41) is 7.18. The Morgan fingerprint density at radius 3 is 2.92 bits per heavy atom. The van der Waals surface area contributed by atoms with Crippen LogP contribution in [0.4, 0.5) is 0 Å². The number of aromatic amines is 1. The van der Waals surface area contributed by atoms with Crippen molar-refractivity contribution in [3.05, 3.63) is 14.7 Å². The molecule has 72 valence electrons. The third-order valence-corrected chi connectivity index (χ3v) is 2.68. The number of ether oxygens (including phenoxy) is 1. The summed E-state index contributed by atoms with van der Waals surface area (Å²) in [5.74, 6) is 0. The maximum absolute atomic E-state index is 10.8. The fourth-order valence-corrected chi connectivity index (χ4v) is 1.92. The van der Waals surface area contributed by atoms with E-state index in [0.717, 1.165) is 37.9 Å². The molecule has 1 aliphatic rings. The zero-order valence-electron chi connectivity index (χ0n) is 7.15. The predicted octanol–water partition coefficient (Wildman–Crippen LogP) is -0.336. The lowest BCUT2D eigenvalue weighted by molar-refractivity contribution is 0.0341. The van der Waals surface area contributed by atoms with Gasteiger partial charge in [-0.25, -0.2) is 5.10 Å². The highest BCUT2D eigenvalue weighted by Crippen LogP contribution is 2.05. The highest BCUT2D eigenvalue weighted by atomic mass is 32.1. The average molecular weight is 201 g/mol. The van der Waals surface area contributed by atoms with Gasteiger partial charge in [0.25, 0.3) is 0 Å². The van der Waals surface area contributed by atoms with Crippen LogP contribution in [0.5, 0.6) is 0 Å². The van der Waals surface area contributed by atoms with Gasteiger partial charge in [-0.2, -0.15) is 5.10 Å². The van der Waals surface area contributed by atoms with Gasteiger partial charge in [-0.3, -0.25) is 9.69 Å². The quantitative estimate of drug-likeness (QED) is 0.711. The second kappa shape index (κ2) is 3.99. The van der Waals surface area contributed by atoms with Crippen molar-refractivity contribution in [3.8, 4) is 0 Å². The summed E-state index contributed by atoms with van der Waals surface area (Å²) < 4.78 is 5.21. The van der Waals surface area contributed by atoms with Gasteiger partial charge in [-0.1, -0.05) is 11.3 Å². The van der Waals surface area contributed by atoms with E-state index in [-0.39, 0.29) is 4.87 Å². The summed E-state index contributed by atoms with van der Waals surface area (Å²) >= 11 is 1.18. The van der Waals surface area contributed by atoms with Crippen molar-refractivity contribution in [2.24, 2.45) is 0 Å². The molecule has 0 atom stereocenters. The molecule has 1 aliphatic heterocycles. The third-order valence-electron chi connectivity index (χ3n) is 1.94. The van der Waals surface area contributed by atoms with E-state index in [4.69, 9.17) is 4.74 Å². The lowest BCUT2D eigenvalue weighted by atomic mass is 10.4. The van der Waals surface area contributed by atoms with Crippen LogP contribution in [0.2, 0.25) is 0 Å². The van der Waals surface area contributed by atoms with E-state index < -0.39 is 0 Å². The van der Waals surface area contributed by atoms with E-state index in [0.29, 0.717) is 0 Å². The Morgan fingerprint density at radius 1 is 1.54 bits per heavy atom. The lowest BCUT2D eigenvalue weighted by Crippen LogP contribution is -2.35. The van der Waals surface area contributed by atoms with Crippen molar-refractivity contribution >= 4 is 11.3 Å². The van der Waals surface area contributed by atoms with Gasteiger partial charge in [0, 0.05) is 13.1 Å². The molecule has 5 nitrogen and oxygen atoms in total. The molecule has 2 rings (SSSR count). The van der Waals surface area contributed by atoms with Crippen molar-refractivity contribution in [2.45, 2.75) is 6.54 Å². The molecule has 0 aliphatic carbocycles. The topological polar surface area (TPSA) is 58.2 Å². The molecule has 0 radical (unpaired) electrons. The molecular formula is C7H11N3O2S. The minimum atomic E-state index is -0.0803. The number of hydrogen-bond donors (Lipinski definition) is 1. The molecule has 1 N–H and O–H groups in total. The van der Waals surface area contributed by atoms with Crippen molar-refractivity contribution in [2.75, 3.05) is 26.3 Å². The molecule has 0 unspecified atom stereocenters. The van der Waals surface area contributed by atoms with Crippen LogP contribution in [-0.2, 0) is 11.3 Å². The molecule has 0 spiro atoms. The molecule has 13 heavy (non-hydrogen) atoms. The van der Waals surface area contributed by atoms with E-state index in [9.17, 15) is 4.79 Å². The molecule has 2 heterocycles. The molecule has 1 aromatic heterocycles. The number of rotatable bonds is 2. The van der Waals surface area contributed by atoms with Crippen LogP contribution in [-0.4, -0.2) is 41.4 Å². The molecule has 0 bridgehead atoms. The van der Waals surface area contributed by atoms with Gasteiger partial charge >= 0.3 is 4.87 Å². The van der Waals surface area contributed by atoms with Crippen molar-refractivity contribution in [3.63, 3.8) is 0 Å². The van der Waals surface area contributed by atoms with Crippen LogP contribution < -0.4 is 4.87 Å². The van der Waals surface area contributed by atoms with Gasteiger partial charge in [-0.05, 0) is 0 Å². The Balaban J connectivity index is 1.93. The average Bonchev–Trinajstić information content (AvgIpc) is 2.53. The second-order valence-electron chi connectivity index (χ2n) is 2.90. The number of nitrogens with zero attached hydrogens (tertiary/aromatic N) is 2. The summed E-state index contributed by atoms with van der Waals surface area (Å²) in [6, 6.07) is 0. The monoisotopic (exact) mass is 201 g/mol. The molecule has 6 heteroatoms. The van der Waals surface area contributed by atoms with Gasteiger partial charge < -0.3 is 4.74 Å². The van der Waals surface area contributed by atoms with Gasteiger partial charge in [0.15, 0.2) is 0 Å². The molecule has 1 fully saturated rings. The summed E-state index contributed by atoms with van der Waals surface area (Å²) in [6.45, 7) is 4.16. The molecule has 1 aromatic rings. The first kappa shape index (κ1) is 8.86. The van der Waals surface area contributed by atoms with Gasteiger partial charge in [-0.15, -0.1) is 0 Å². The van der Waals surface area contributed by atoms with E-state index in [1.54, 1.807) is 0 Å². The first-order valence-corrected chi connectivity index (χ1v) is 5.01. The standard InChI is InChI=1S/C7H11N3O2S/c11-7-9-8-6(13-7)5-10-1-3-12-4-2-10/h1-5H2,(H,9,11). The summed E-state index contributed by atoms with van der Waals surface area (Å²) in [5.41, 5.74) is 0. The minimum absolute atomic E-state index is 0.0803. The maximum atomic E-state index is 10.8. The Morgan fingerprint density at radius 2 is 2.31 bits per heavy atom. The summed E-state index contributed by atoms with van der Waals surface area (Å²) in [6.07, 6.45) is 0. The predicted molar refractivity (Wildman–Crippen MR) is 48.8 cm³/mol. The molecule has 0 saturated carbocycles. The summed E-state index contributed by atoms with van der Waals surface area (Å²) in [7, 11) is 0. The number of aromatic nitrogens is 2. The van der Waals surface area contributed by atoms with Gasteiger partial charge in [0.2, 0.25) is 0 Å². The Kier molecular flexibility index (Phi) is 2.72. The number of morpholine rings is 1. The van der Waals surface area contributed by atoms with E-state index in [1.165, 1.54) is 11.3 Å². The van der Waals surface area contributed by atoms with Crippen molar-refractivity contribution in [1.29, 1.82) is 0 Å². The SMILES string of the molecule is O=c1[nH]nc(CN2CCOCC2)s1. The number of nitrogens with one attached hydrogen (secondary N) is 1. The van der Waals surface area contributed by atoms with Gasteiger partial charge in [0.1, 0.15) is 5.01 Å². The normalized spacial score (nSPS) is 19.1. The number of hydrogen-bond acceptors (Lipinski definition) is 5. The lowest BCUT2D eigenvalue weighted by Gasteiger charge is -2.25. The van der Waals surface area contributed by atoms with Crippen LogP contribution in [0.25, 0.3) is 0 Å². The highest BCUT2D eigenvalue weighted by molar-refractivity contribution is 7.08. The molecular weight excluding hydrogens is 190 g/mol. The Hall–Kier alpha value is -0.720. The third kappa shape index (κ3) is 2.36. The first-order chi connectivity index (χ1) is 6.34. The molecule has 1 saturated heterocycles. The maximum Gasteiger partial charge on any atom is 0.322 e. The fourth-order valence-electron chi connectivity index (χ4n) is 1.28.